The molecule has 0 bridgehead atoms. The van der Waals surface area contributed by atoms with Crippen LogP contribution in [0.25, 0.3) is 0 Å². The summed E-state index contributed by atoms with van der Waals surface area (Å²) in [5.41, 5.74) is 6.50. The highest BCUT2D eigenvalue weighted by atomic mass is 32.2. The summed E-state index contributed by atoms with van der Waals surface area (Å²) in [5, 5.41) is 18.1. The molecular weight excluding hydrogens is 356 g/mol. The number of aromatic nitrogens is 2. The zero-order valence-electron chi connectivity index (χ0n) is 13.9. The van der Waals surface area contributed by atoms with Crippen molar-refractivity contribution in [3.63, 3.8) is 0 Å². The minimum atomic E-state index is -0.257. The van der Waals surface area contributed by atoms with Crippen molar-refractivity contribution in [3.05, 3.63) is 35.9 Å². The molecule has 0 spiro atoms. The van der Waals surface area contributed by atoms with Crippen molar-refractivity contribution < 1.29 is 9.90 Å². The zero-order valence-corrected chi connectivity index (χ0v) is 15.6. The Morgan fingerprint density at radius 1 is 1.36 bits per heavy atom. The van der Waals surface area contributed by atoms with E-state index in [9.17, 15) is 9.90 Å². The Hall–Kier alpha value is -1.64. The Morgan fingerprint density at radius 2 is 2.16 bits per heavy atom. The van der Waals surface area contributed by atoms with E-state index < -0.39 is 0 Å². The fourth-order valence-electron chi connectivity index (χ4n) is 3.27. The van der Waals surface area contributed by atoms with Crippen molar-refractivity contribution in [1.82, 2.24) is 15.1 Å². The first-order valence-corrected chi connectivity index (χ1v) is 10.0. The van der Waals surface area contributed by atoms with Gasteiger partial charge in [-0.2, -0.15) is 0 Å². The minimum Gasteiger partial charge on any atom is -0.396 e. The van der Waals surface area contributed by atoms with Crippen LogP contribution in [0.3, 0.4) is 0 Å². The van der Waals surface area contributed by atoms with Crippen molar-refractivity contribution in [2.75, 3.05) is 31.2 Å². The second-order valence-corrected chi connectivity index (χ2v) is 8.67. The average molecular weight is 379 g/mol. The standard InChI is InChI=1S/C17H22N4O2S2/c18-15-19-20-16(25-15)24-10-14(23)21-8-4-7-17(11-21,12-22)9-13-5-2-1-3-6-13/h1-3,5-6,22H,4,7-12H2,(H2,18,19)/t17-/m0/s1. The summed E-state index contributed by atoms with van der Waals surface area (Å²) >= 11 is 2.66. The van der Waals surface area contributed by atoms with Gasteiger partial charge in [0.1, 0.15) is 0 Å². The summed E-state index contributed by atoms with van der Waals surface area (Å²) in [5.74, 6) is 0.394. The monoisotopic (exact) mass is 378 g/mol. The molecule has 0 radical (unpaired) electrons. The van der Waals surface area contributed by atoms with Crippen LogP contribution < -0.4 is 5.73 Å². The Morgan fingerprint density at radius 3 is 2.84 bits per heavy atom. The van der Waals surface area contributed by atoms with Crippen LogP contribution in [0.15, 0.2) is 34.7 Å². The van der Waals surface area contributed by atoms with Gasteiger partial charge in [0.05, 0.1) is 12.4 Å². The summed E-state index contributed by atoms with van der Waals surface area (Å²) in [7, 11) is 0. The molecule has 25 heavy (non-hydrogen) atoms. The number of carbonyl (C=O) groups excluding carboxylic acids is 1. The number of carbonyl (C=O) groups is 1. The molecule has 134 valence electrons. The molecule has 6 nitrogen and oxygen atoms in total. The molecule has 1 amide bonds. The Kier molecular flexibility index (Phi) is 5.93. The van der Waals surface area contributed by atoms with Crippen molar-refractivity contribution in [1.29, 1.82) is 0 Å². The lowest BCUT2D eigenvalue weighted by atomic mass is 9.76. The van der Waals surface area contributed by atoms with Crippen LogP contribution in [-0.2, 0) is 11.2 Å². The topological polar surface area (TPSA) is 92.3 Å². The number of anilines is 1. The highest BCUT2D eigenvalue weighted by Crippen LogP contribution is 2.34. The third kappa shape index (κ3) is 4.71. The fraction of sp³-hybridized carbons (Fsp3) is 0.471. The van der Waals surface area contributed by atoms with Gasteiger partial charge in [-0.15, -0.1) is 10.2 Å². The predicted octanol–water partition coefficient (Wildman–Crippen LogP) is 2.06. The number of aliphatic hydroxyl groups is 1. The van der Waals surface area contributed by atoms with E-state index in [0.717, 1.165) is 25.8 Å². The number of hydrogen-bond donors (Lipinski definition) is 2. The molecule has 0 saturated carbocycles. The molecule has 2 aromatic rings. The normalized spacial score (nSPS) is 20.6. The van der Waals surface area contributed by atoms with Crippen molar-refractivity contribution in [3.8, 4) is 0 Å². The van der Waals surface area contributed by atoms with E-state index in [1.165, 1.54) is 28.7 Å². The lowest BCUT2D eigenvalue weighted by molar-refractivity contribution is -0.132. The lowest BCUT2D eigenvalue weighted by Crippen LogP contribution is -2.49. The number of amides is 1. The quantitative estimate of drug-likeness (QED) is 0.748. The molecule has 1 aromatic carbocycles. The third-order valence-electron chi connectivity index (χ3n) is 4.51. The molecule has 0 unspecified atom stereocenters. The van der Waals surface area contributed by atoms with E-state index in [4.69, 9.17) is 5.73 Å². The van der Waals surface area contributed by atoms with Gasteiger partial charge in [0, 0.05) is 18.5 Å². The summed E-state index contributed by atoms with van der Waals surface area (Å²) < 4.78 is 0.709. The largest absolute Gasteiger partial charge is 0.396 e. The number of nitrogens with zero attached hydrogens (tertiary/aromatic N) is 3. The van der Waals surface area contributed by atoms with Gasteiger partial charge in [-0.1, -0.05) is 53.4 Å². The number of benzene rings is 1. The van der Waals surface area contributed by atoms with Crippen molar-refractivity contribution in [2.45, 2.75) is 23.6 Å². The Bertz CT molecular complexity index is 710. The van der Waals surface area contributed by atoms with E-state index >= 15 is 0 Å². The summed E-state index contributed by atoms with van der Waals surface area (Å²) in [6, 6.07) is 10.2. The molecule has 3 rings (SSSR count). The summed E-state index contributed by atoms with van der Waals surface area (Å²) in [6.45, 7) is 1.43. The summed E-state index contributed by atoms with van der Waals surface area (Å²) in [4.78, 5) is 14.5. The van der Waals surface area contributed by atoms with Crippen LogP contribution in [0.4, 0.5) is 5.13 Å². The lowest BCUT2D eigenvalue weighted by Gasteiger charge is -2.42. The van der Waals surface area contributed by atoms with Crippen LogP contribution in [0.5, 0.6) is 0 Å². The maximum atomic E-state index is 12.6. The zero-order chi connectivity index (χ0) is 17.7. The molecule has 1 atom stereocenters. The number of nitrogen functional groups attached to an aromatic ring is 1. The van der Waals surface area contributed by atoms with Crippen LogP contribution in [0.2, 0.25) is 0 Å². The van der Waals surface area contributed by atoms with Crippen molar-refractivity contribution in [2.24, 2.45) is 5.41 Å². The van der Waals surface area contributed by atoms with Gasteiger partial charge in [0.25, 0.3) is 0 Å². The van der Waals surface area contributed by atoms with Gasteiger partial charge in [0.15, 0.2) is 4.34 Å². The minimum absolute atomic E-state index is 0.0735. The molecule has 1 aliphatic rings. The smallest absolute Gasteiger partial charge is 0.233 e. The van der Waals surface area contributed by atoms with E-state index in [0.29, 0.717) is 21.8 Å². The molecule has 1 aromatic heterocycles. The number of rotatable bonds is 6. The molecular formula is C17H22N4O2S2. The van der Waals surface area contributed by atoms with Gasteiger partial charge < -0.3 is 15.7 Å². The van der Waals surface area contributed by atoms with E-state index in [1.807, 2.05) is 23.1 Å². The van der Waals surface area contributed by atoms with Gasteiger partial charge >= 0.3 is 0 Å². The molecule has 1 fully saturated rings. The number of piperidine rings is 1. The SMILES string of the molecule is Nc1nnc(SCC(=O)N2CCC[C@](CO)(Cc3ccccc3)C2)s1. The number of aliphatic hydroxyl groups excluding tert-OH is 1. The molecule has 2 heterocycles. The average Bonchev–Trinajstić information content (AvgIpc) is 3.06. The number of thioether (sulfide) groups is 1. The van der Waals surface area contributed by atoms with Crippen LogP contribution >= 0.6 is 23.1 Å². The Balaban J connectivity index is 1.61. The van der Waals surface area contributed by atoms with E-state index in [2.05, 4.69) is 22.3 Å². The van der Waals surface area contributed by atoms with Crippen LogP contribution in [-0.4, -0.2) is 51.6 Å². The predicted molar refractivity (Wildman–Crippen MR) is 101 cm³/mol. The number of hydrogen-bond acceptors (Lipinski definition) is 7. The van der Waals surface area contributed by atoms with Crippen LogP contribution in [0.1, 0.15) is 18.4 Å². The number of nitrogens with two attached hydrogens (primary N) is 1. The highest BCUT2D eigenvalue weighted by molar-refractivity contribution is 8.01. The van der Waals surface area contributed by atoms with Gasteiger partial charge in [-0.25, -0.2) is 0 Å². The third-order valence-corrected chi connectivity index (χ3v) is 6.38. The van der Waals surface area contributed by atoms with Crippen LogP contribution in [0, 0.1) is 5.41 Å². The molecule has 0 aliphatic carbocycles. The fourth-order valence-corrected chi connectivity index (χ4v) is 4.81. The Labute approximate surface area is 155 Å². The second kappa shape index (κ2) is 8.16. The van der Waals surface area contributed by atoms with E-state index in [1.54, 1.807) is 0 Å². The second-order valence-electron chi connectivity index (χ2n) is 6.43. The van der Waals surface area contributed by atoms with Gasteiger partial charge in [0.2, 0.25) is 11.0 Å². The first kappa shape index (κ1) is 18.2. The molecule has 1 aliphatic heterocycles. The maximum absolute atomic E-state index is 12.6. The summed E-state index contributed by atoms with van der Waals surface area (Å²) in [6.07, 6.45) is 2.63. The van der Waals surface area contributed by atoms with E-state index in [-0.39, 0.29) is 17.9 Å². The molecule has 3 N–H and O–H groups in total. The van der Waals surface area contributed by atoms with Crippen molar-refractivity contribution >= 4 is 34.1 Å². The first-order valence-electron chi connectivity index (χ1n) is 8.25. The number of likely N-dealkylation sites (tertiary alicyclic amines) is 1. The van der Waals surface area contributed by atoms with Gasteiger partial charge in [-0.05, 0) is 24.8 Å². The first-order chi connectivity index (χ1) is 12.1. The maximum Gasteiger partial charge on any atom is 0.233 e. The molecule has 8 heteroatoms. The highest BCUT2D eigenvalue weighted by Gasteiger charge is 2.36. The van der Waals surface area contributed by atoms with Gasteiger partial charge in [-0.3, -0.25) is 4.79 Å². The molecule has 1 saturated heterocycles.